The van der Waals surface area contributed by atoms with Crippen LogP contribution in [0, 0.1) is 5.92 Å². The first kappa shape index (κ1) is 15.1. The van der Waals surface area contributed by atoms with Gasteiger partial charge in [0.25, 0.3) is 5.91 Å². The molecule has 1 amide bonds. The van der Waals surface area contributed by atoms with Crippen molar-refractivity contribution in [3.63, 3.8) is 0 Å². The van der Waals surface area contributed by atoms with Gasteiger partial charge in [0.1, 0.15) is 5.75 Å². The van der Waals surface area contributed by atoms with Crippen LogP contribution < -0.4 is 10.1 Å². The van der Waals surface area contributed by atoms with Crippen molar-refractivity contribution < 1.29 is 17.9 Å². The van der Waals surface area contributed by atoms with Gasteiger partial charge < -0.3 is 10.1 Å². The first-order valence-corrected chi connectivity index (χ1v) is 8.43. The van der Waals surface area contributed by atoms with E-state index < -0.39 is 9.84 Å². The molecule has 5 nitrogen and oxygen atoms in total. The van der Waals surface area contributed by atoms with Crippen LogP contribution in [0.2, 0.25) is 5.02 Å². The second-order valence-electron chi connectivity index (χ2n) is 4.82. The molecule has 7 heteroatoms. The third-order valence-electron chi connectivity index (χ3n) is 3.28. The molecule has 0 aliphatic carbocycles. The summed E-state index contributed by atoms with van der Waals surface area (Å²) >= 11 is 5.87. The van der Waals surface area contributed by atoms with E-state index in [1.165, 1.54) is 13.2 Å². The van der Waals surface area contributed by atoms with Crippen molar-refractivity contribution in [2.75, 3.05) is 25.2 Å². The topological polar surface area (TPSA) is 72.5 Å². The summed E-state index contributed by atoms with van der Waals surface area (Å²) < 4.78 is 27.8. The van der Waals surface area contributed by atoms with E-state index in [-0.39, 0.29) is 23.3 Å². The fourth-order valence-corrected chi connectivity index (χ4v) is 4.26. The van der Waals surface area contributed by atoms with Gasteiger partial charge in [-0.3, -0.25) is 4.79 Å². The number of carbonyl (C=O) groups is 1. The lowest BCUT2D eigenvalue weighted by Crippen LogP contribution is -2.30. The Hall–Kier alpha value is -1.27. The van der Waals surface area contributed by atoms with Crippen molar-refractivity contribution in [1.82, 2.24) is 5.32 Å². The second-order valence-corrected chi connectivity index (χ2v) is 7.49. The minimum Gasteiger partial charge on any atom is -0.496 e. The summed E-state index contributed by atoms with van der Waals surface area (Å²) in [6, 6.07) is 4.79. The molecule has 1 N–H and O–H groups in total. The predicted molar refractivity (Wildman–Crippen MR) is 77.1 cm³/mol. The van der Waals surface area contributed by atoms with Gasteiger partial charge in [-0.1, -0.05) is 11.6 Å². The van der Waals surface area contributed by atoms with E-state index in [2.05, 4.69) is 5.32 Å². The van der Waals surface area contributed by atoms with E-state index in [0.717, 1.165) is 0 Å². The lowest BCUT2D eigenvalue weighted by atomic mass is 10.1. The van der Waals surface area contributed by atoms with Crippen molar-refractivity contribution in [2.24, 2.45) is 5.92 Å². The lowest BCUT2D eigenvalue weighted by Gasteiger charge is -2.12. The number of hydrogen-bond donors (Lipinski definition) is 1. The number of benzene rings is 1. The van der Waals surface area contributed by atoms with E-state index in [0.29, 0.717) is 29.3 Å². The number of amides is 1. The third-order valence-corrected chi connectivity index (χ3v) is 5.36. The molecule has 1 aliphatic rings. The van der Waals surface area contributed by atoms with E-state index in [9.17, 15) is 13.2 Å². The quantitative estimate of drug-likeness (QED) is 0.913. The first-order chi connectivity index (χ1) is 9.41. The maximum Gasteiger partial charge on any atom is 0.255 e. The number of sulfone groups is 1. The standard InChI is InChI=1S/C13H16ClNO4S/c1-19-12-3-2-10(14)6-11(12)13(16)15-7-9-4-5-20(17,18)8-9/h2-3,6,9H,4-5,7-8H2,1H3,(H,15,16)/t9-/m0/s1. The Bertz CT molecular complexity index is 615. The number of halogens is 1. The van der Waals surface area contributed by atoms with E-state index in [1.54, 1.807) is 12.1 Å². The van der Waals surface area contributed by atoms with Gasteiger partial charge in [0.05, 0.1) is 24.2 Å². The third kappa shape index (κ3) is 3.64. The van der Waals surface area contributed by atoms with Gasteiger partial charge in [-0.15, -0.1) is 0 Å². The van der Waals surface area contributed by atoms with E-state index >= 15 is 0 Å². The van der Waals surface area contributed by atoms with Crippen LogP contribution in [0.25, 0.3) is 0 Å². The van der Waals surface area contributed by atoms with Crippen LogP contribution in [0.3, 0.4) is 0 Å². The molecule has 1 aromatic carbocycles. The van der Waals surface area contributed by atoms with Crippen LogP contribution in [0.1, 0.15) is 16.8 Å². The molecule has 0 unspecified atom stereocenters. The zero-order chi connectivity index (χ0) is 14.8. The molecular weight excluding hydrogens is 302 g/mol. The van der Waals surface area contributed by atoms with Gasteiger partial charge in [-0.25, -0.2) is 8.42 Å². The van der Waals surface area contributed by atoms with Crippen LogP contribution in [-0.2, 0) is 9.84 Å². The molecule has 0 bridgehead atoms. The van der Waals surface area contributed by atoms with Crippen molar-refractivity contribution in [1.29, 1.82) is 0 Å². The summed E-state index contributed by atoms with van der Waals surface area (Å²) in [4.78, 5) is 12.1. The van der Waals surface area contributed by atoms with Crippen LogP contribution >= 0.6 is 11.6 Å². The molecule has 0 radical (unpaired) electrons. The van der Waals surface area contributed by atoms with Gasteiger partial charge >= 0.3 is 0 Å². The molecule has 0 aromatic heterocycles. The zero-order valence-corrected chi connectivity index (χ0v) is 12.6. The number of ether oxygens (including phenoxy) is 1. The molecule has 0 saturated carbocycles. The van der Waals surface area contributed by atoms with Gasteiger partial charge in [-0.05, 0) is 30.5 Å². The maximum atomic E-state index is 12.1. The number of hydrogen-bond acceptors (Lipinski definition) is 4. The highest BCUT2D eigenvalue weighted by molar-refractivity contribution is 7.91. The lowest BCUT2D eigenvalue weighted by molar-refractivity contribution is 0.0945. The number of carbonyl (C=O) groups excluding carboxylic acids is 1. The van der Waals surface area contributed by atoms with Gasteiger partial charge in [0.2, 0.25) is 0 Å². The number of methoxy groups -OCH3 is 1. The smallest absolute Gasteiger partial charge is 0.255 e. The Balaban J connectivity index is 2.00. The molecule has 110 valence electrons. The molecule has 1 aromatic rings. The van der Waals surface area contributed by atoms with Crippen LogP contribution in [0.4, 0.5) is 0 Å². The molecule has 1 heterocycles. The largest absolute Gasteiger partial charge is 0.496 e. The summed E-state index contributed by atoms with van der Waals surface area (Å²) in [6.07, 6.45) is 0.593. The van der Waals surface area contributed by atoms with Gasteiger partial charge in [0, 0.05) is 11.6 Å². The van der Waals surface area contributed by atoms with Gasteiger partial charge in [0.15, 0.2) is 9.84 Å². The van der Waals surface area contributed by atoms with Crippen LogP contribution in [0.15, 0.2) is 18.2 Å². The fraction of sp³-hybridized carbons (Fsp3) is 0.462. The Labute approximate surface area is 123 Å². The fourth-order valence-electron chi connectivity index (χ4n) is 2.22. The minimum atomic E-state index is -2.92. The Morgan fingerprint density at radius 1 is 1.50 bits per heavy atom. The molecule has 1 aliphatic heterocycles. The SMILES string of the molecule is COc1ccc(Cl)cc1C(=O)NC[C@@H]1CCS(=O)(=O)C1. The van der Waals surface area contributed by atoms with Crippen molar-refractivity contribution in [3.05, 3.63) is 28.8 Å². The van der Waals surface area contributed by atoms with Gasteiger partial charge in [-0.2, -0.15) is 0 Å². The Morgan fingerprint density at radius 2 is 2.25 bits per heavy atom. The molecule has 1 fully saturated rings. The molecule has 2 rings (SSSR count). The number of rotatable bonds is 4. The summed E-state index contributed by atoms with van der Waals surface area (Å²) in [7, 11) is -1.45. The maximum absolute atomic E-state index is 12.1. The molecule has 0 spiro atoms. The predicted octanol–water partition coefficient (Wildman–Crippen LogP) is 1.51. The summed E-state index contributed by atoms with van der Waals surface area (Å²) in [5.74, 6) is 0.447. The monoisotopic (exact) mass is 317 g/mol. The average Bonchev–Trinajstić information content (AvgIpc) is 2.75. The molecule has 20 heavy (non-hydrogen) atoms. The zero-order valence-electron chi connectivity index (χ0n) is 11.1. The summed E-state index contributed by atoms with van der Waals surface area (Å²) in [6.45, 7) is 0.341. The molecular formula is C13H16ClNO4S. The summed E-state index contributed by atoms with van der Waals surface area (Å²) in [5.41, 5.74) is 0.348. The van der Waals surface area contributed by atoms with Crippen molar-refractivity contribution in [2.45, 2.75) is 6.42 Å². The highest BCUT2D eigenvalue weighted by Gasteiger charge is 2.28. The van der Waals surface area contributed by atoms with Crippen LogP contribution in [-0.4, -0.2) is 39.5 Å². The van der Waals surface area contributed by atoms with Crippen molar-refractivity contribution in [3.8, 4) is 5.75 Å². The highest BCUT2D eigenvalue weighted by Crippen LogP contribution is 2.23. The van der Waals surface area contributed by atoms with Crippen molar-refractivity contribution >= 4 is 27.3 Å². The molecule has 1 saturated heterocycles. The first-order valence-electron chi connectivity index (χ1n) is 6.23. The summed E-state index contributed by atoms with van der Waals surface area (Å²) in [5, 5.41) is 3.18. The minimum absolute atomic E-state index is 0.0193. The highest BCUT2D eigenvalue weighted by atomic mass is 35.5. The normalized spacial score (nSPS) is 20.6. The molecule has 1 atom stereocenters. The van der Waals surface area contributed by atoms with E-state index in [4.69, 9.17) is 16.3 Å². The average molecular weight is 318 g/mol. The Morgan fingerprint density at radius 3 is 2.85 bits per heavy atom. The van der Waals surface area contributed by atoms with E-state index in [1.807, 2.05) is 0 Å². The Kier molecular flexibility index (Phi) is 4.55. The second kappa shape index (κ2) is 6.01. The number of nitrogens with one attached hydrogen (secondary N) is 1. The van der Waals surface area contributed by atoms with Crippen LogP contribution in [0.5, 0.6) is 5.75 Å².